The molecule has 5 heterocycles. The number of benzene rings is 2. The molecule has 9 nitrogen and oxygen atoms in total. The van der Waals surface area contributed by atoms with Gasteiger partial charge < -0.3 is 19.4 Å². The minimum absolute atomic E-state index is 0.336. The summed E-state index contributed by atoms with van der Waals surface area (Å²) in [6, 6.07) is 17.0. The maximum atomic E-state index is 14.8. The molecule has 2 N–H and O–H groups in total. The van der Waals surface area contributed by atoms with E-state index in [1.165, 1.54) is 25.0 Å². The summed E-state index contributed by atoms with van der Waals surface area (Å²) in [5, 5.41) is 9.64. The van der Waals surface area contributed by atoms with E-state index in [0.717, 1.165) is 81.9 Å². The first-order valence-electron chi connectivity index (χ1n) is 15.4. The van der Waals surface area contributed by atoms with Crippen LogP contribution in [0.4, 0.5) is 4.39 Å². The van der Waals surface area contributed by atoms with Crippen LogP contribution in [0, 0.1) is 5.82 Å². The molecule has 6 aromatic rings. The molecule has 0 amide bonds. The van der Waals surface area contributed by atoms with Gasteiger partial charge in [-0.05, 0) is 99.2 Å². The van der Waals surface area contributed by atoms with Gasteiger partial charge in [0.1, 0.15) is 41.9 Å². The molecule has 0 bridgehead atoms. The Morgan fingerprint density at radius 2 is 1.71 bits per heavy atom. The summed E-state index contributed by atoms with van der Waals surface area (Å²) in [6.45, 7) is 4.99. The van der Waals surface area contributed by atoms with Gasteiger partial charge in [-0.15, -0.1) is 0 Å². The van der Waals surface area contributed by atoms with Gasteiger partial charge in [-0.1, -0.05) is 6.07 Å². The Kier molecular flexibility index (Phi) is 8.15. The first-order valence-corrected chi connectivity index (χ1v) is 15.4. The van der Waals surface area contributed by atoms with Gasteiger partial charge in [0.2, 0.25) is 0 Å². The molecule has 0 spiro atoms. The average Bonchev–Trinajstić information content (AvgIpc) is 3.80. The van der Waals surface area contributed by atoms with E-state index in [9.17, 15) is 4.39 Å². The Labute approximate surface area is 261 Å². The van der Waals surface area contributed by atoms with Gasteiger partial charge in [0.25, 0.3) is 0 Å². The quantitative estimate of drug-likeness (QED) is 0.177. The number of fused-ring (bicyclic) bond motifs is 2. The van der Waals surface area contributed by atoms with E-state index in [-0.39, 0.29) is 5.82 Å². The van der Waals surface area contributed by atoms with Crippen LogP contribution in [-0.2, 0) is 0 Å². The van der Waals surface area contributed by atoms with Crippen molar-refractivity contribution in [2.24, 2.45) is 0 Å². The van der Waals surface area contributed by atoms with Crippen LogP contribution in [-0.4, -0.2) is 88.4 Å². The Balaban J connectivity index is 1.18. The topological polar surface area (TPSA) is 95.2 Å². The zero-order chi connectivity index (χ0) is 30.8. The molecule has 1 saturated heterocycles. The lowest BCUT2D eigenvalue weighted by Crippen LogP contribution is -2.25. The first-order chi connectivity index (χ1) is 22.0. The fraction of sp³-hybridized carbons (Fsp3) is 0.286. The van der Waals surface area contributed by atoms with Crippen molar-refractivity contribution in [1.29, 1.82) is 0 Å². The lowest BCUT2D eigenvalue weighted by molar-refractivity contribution is 0.237. The second-order valence-corrected chi connectivity index (χ2v) is 11.8. The molecule has 230 valence electrons. The van der Waals surface area contributed by atoms with Crippen LogP contribution < -0.4 is 9.47 Å². The third-order valence-electron chi connectivity index (χ3n) is 8.26. The van der Waals surface area contributed by atoms with Crippen LogP contribution in [0.5, 0.6) is 11.5 Å². The zero-order valence-corrected chi connectivity index (χ0v) is 25.5. The van der Waals surface area contributed by atoms with Crippen LogP contribution in [0.3, 0.4) is 0 Å². The lowest BCUT2D eigenvalue weighted by atomic mass is 10.0. The largest absolute Gasteiger partial charge is 0.492 e. The highest BCUT2D eigenvalue weighted by molar-refractivity contribution is 6.00. The number of aromatic amines is 2. The van der Waals surface area contributed by atoms with Gasteiger partial charge in [0.15, 0.2) is 0 Å². The number of hydrogen-bond acceptors (Lipinski definition) is 7. The van der Waals surface area contributed by atoms with Crippen molar-refractivity contribution in [1.82, 2.24) is 34.9 Å². The summed E-state index contributed by atoms with van der Waals surface area (Å²) in [5.74, 6) is 0.919. The lowest BCUT2D eigenvalue weighted by Gasteiger charge is -2.15. The van der Waals surface area contributed by atoms with Crippen molar-refractivity contribution in [2.45, 2.75) is 12.8 Å². The Morgan fingerprint density at radius 1 is 0.867 bits per heavy atom. The molecule has 0 saturated carbocycles. The molecule has 1 aliphatic heterocycles. The smallest absolute Gasteiger partial charge is 0.138 e. The van der Waals surface area contributed by atoms with E-state index in [1.54, 1.807) is 12.4 Å². The maximum absolute atomic E-state index is 14.8. The zero-order valence-electron chi connectivity index (χ0n) is 25.5. The summed E-state index contributed by atoms with van der Waals surface area (Å²) in [7, 11) is 4.04. The van der Waals surface area contributed by atoms with Crippen molar-refractivity contribution in [3.8, 4) is 45.1 Å². The number of nitrogens with one attached hydrogen (secondary N) is 2. The molecule has 1 aliphatic rings. The van der Waals surface area contributed by atoms with Gasteiger partial charge in [-0.2, -0.15) is 5.10 Å². The minimum Gasteiger partial charge on any atom is -0.492 e. The summed E-state index contributed by atoms with van der Waals surface area (Å²) in [6.07, 6.45) is 7.77. The highest BCUT2D eigenvalue weighted by Crippen LogP contribution is 2.36. The first kappa shape index (κ1) is 28.9. The number of halogens is 1. The van der Waals surface area contributed by atoms with Crippen molar-refractivity contribution >= 4 is 21.9 Å². The van der Waals surface area contributed by atoms with Crippen LogP contribution in [0.25, 0.3) is 55.6 Å². The number of rotatable bonds is 11. The van der Waals surface area contributed by atoms with Crippen molar-refractivity contribution in [2.75, 3.05) is 53.5 Å². The van der Waals surface area contributed by atoms with Crippen LogP contribution in [0.15, 0.2) is 73.2 Å². The van der Waals surface area contributed by atoms with Crippen molar-refractivity contribution in [3.05, 3.63) is 79.0 Å². The molecule has 10 heteroatoms. The second kappa shape index (κ2) is 12.7. The third-order valence-corrected chi connectivity index (χ3v) is 8.26. The summed E-state index contributed by atoms with van der Waals surface area (Å²) < 4.78 is 26.7. The molecular weight excluding hydrogens is 569 g/mol. The Bertz CT molecular complexity index is 1940. The van der Waals surface area contributed by atoms with Crippen LogP contribution in [0.1, 0.15) is 12.8 Å². The van der Waals surface area contributed by atoms with Crippen LogP contribution in [0.2, 0.25) is 0 Å². The summed E-state index contributed by atoms with van der Waals surface area (Å²) >= 11 is 0. The highest BCUT2D eigenvalue weighted by atomic mass is 19.1. The van der Waals surface area contributed by atoms with E-state index in [0.29, 0.717) is 24.6 Å². The molecule has 1 fully saturated rings. The minimum atomic E-state index is -0.336. The second-order valence-electron chi connectivity index (χ2n) is 11.8. The summed E-state index contributed by atoms with van der Waals surface area (Å²) in [5.41, 5.74) is 6.75. The van der Waals surface area contributed by atoms with Gasteiger partial charge in [0.05, 0.1) is 17.4 Å². The molecule has 0 unspecified atom stereocenters. The van der Waals surface area contributed by atoms with Crippen molar-refractivity contribution < 1.29 is 13.9 Å². The molecule has 0 aliphatic carbocycles. The maximum Gasteiger partial charge on any atom is 0.138 e. The fourth-order valence-electron chi connectivity index (χ4n) is 5.91. The molecule has 2 aromatic carbocycles. The predicted molar refractivity (Wildman–Crippen MR) is 175 cm³/mol. The number of ether oxygens (including phenoxy) is 2. The molecule has 0 radical (unpaired) electrons. The van der Waals surface area contributed by atoms with Crippen LogP contribution >= 0.6 is 0 Å². The number of nitrogens with zero attached hydrogens (tertiary/aromatic N) is 5. The molecule has 0 atom stereocenters. The van der Waals surface area contributed by atoms with E-state index in [1.807, 2.05) is 56.7 Å². The number of hydrogen-bond donors (Lipinski definition) is 2. The van der Waals surface area contributed by atoms with Crippen molar-refractivity contribution in [3.63, 3.8) is 0 Å². The fourth-order valence-corrected chi connectivity index (χ4v) is 5.91. The SMILES string of the molecule is CN(C)CCOc1cncc(-c2ccc3[nH]nc(-c4cc5c(-c6cc(F)cc(OCCN7CCCC7)c6)ccnc5[nH]4)c3c2)c1. The van der Waals surface area contributed by atoms with Gasteiger partial charge >= 0.3 is 0 Å². The predicted octanol–water partition coefficient (Wildman–Crippen LogP) is 6.39. The van der Waals surface area contributed by atoms with E-state index < -0.39 is 0 Å². The van der Waals surface area contributed by atoms with Gasteiger partial charge in [0, 0.05) is 47.9 Å². The molecular formula is C35H36FN7O2. The number of likely N-dealkylation sites (N-methyl/N-ethyl adjacent to an activating group) is 1. The van der Waals surface area contributed by atoms with E-state index >= 15 is 0 Å². The standard InChI is InChI=1S/C35H36FN7O2/c1-42(2)11-13-45-28-17-25(21-37-22-28)23-5-6-32-31(18-23)34(41-40-32)33-20-30-29(7-8-38-35(30)39-33)24-15-26(36)19-27(16-24)44-14-12-43-9-3-4-10-43/h5-8,15-22H,3-4,9-14H2,1-2H3,(H,38,39)(H,40,41). The van der Waals surface area contributed by atoms with E-state index in [2.05, 4.69) is 41.0 Å². The number of H-pyrrole nitrogens is 2. The Morgan fingerprint density at radius 3 is 2.58 bits per heavy atom. The molecule has 7 rings (SSSR count). The average molecular weight is 606 g/mol. The third kappa shape index (κ3) is 6.38. The number of aromatic nitrogens is 5. The Hall–Kier alpha value is -4.80. The normalized spacial score (nSPS) is 13.8. The van der Waals surface area contributed by atoms with Gasteiger partial charge in [-0.25, -0.2) is 9.37 Å². The molecule has 45 heavy (non-hydrogen) atoms. The van der Waals surface area contributed by atoms with Gasteiger partial charge in [-0.3, -0.25) is 15.0 Å². The monoisotopic (exact) mass is 605 g/mol. The number of likely N-dealkylation sites (tertiary alicyclic amines) is 1. The van der Waals surface area contributed by atoms with E-state index in [4.69, 9.17) is 9.47 Å². The highest BCUT2D eigenvalue weighted by Gasteiger charge is 2.17. The summed E-state index contributed by atoms with van der Waals surface area (Å²) in [4.78, 5) is 16.9. The molecule has 4 aromatic heterocycles. The number of pyridine rings is 2.